The molecule has 0 bridgehead atoms. The Morgan fingerprint density at radius 2 is 1.62 bits per heavy atom. The van der Waals surface area contributed by atoms with Gasteiger partial charge < -0.3 is 14.2 Å². The van der Waals surface area contributed by atoms with Gasteiger partial charge in [-0.1, -0.05) is 6.92 Å². The third-order valence-corrected chi connectivity index (χ3v) is 5.20. The Hall–Kier alpha value is -2.40. The standard InChI is InChI=1S/C24H30O4S/c1-5-15-29-21-12-9-18(10-13-21)22(25)14-11-19-16-20(26-6-2)17-23(27-7-3)24(19)28-8-4/h9-14,16-17H,5-8,15H2,1-4H3/b14-11+. The number of hydrogen-bond donors (Lipinski definition) is 0. The van der Waals surface area contributed by atoms with E-state index in [0.717, 1.165) is 17.7 Å². The number of carbonyl (C=O) groups is 1. The number of rotatable bonds is 12. The number of ether oxygens (including phenoxy) is 3. The van der Waals surface area contributed by atoms with Crippen molar-refractivity contribution in [2.75, 3.05) is 25.6 Å². The van der Waals surface area contributed by atoms with E-state index in [1.807, 2.05) is 57.2 Å². The van der Waals surface area contributed by atoms with Crippen LogP contribution in [0.25, 0.3) is 6.08 Å². The molecule has 156 valence electrons. The third kappa shape index (κ3) is 6.86. The average molecular weight is 415 g/mol. The summed E-state index contributed by atoms with van der Waals surface area (Å²) < 4.78 is 17.2. The SMILES string of the molecule is CCCSc1ccc(C(=O)/C=C/c2cc(OCC)cc(OCC)c2OCC)cc1. The monoisotopic (exact) mass is 414 g/mol. The van der Waals surface area contributed by atoms with Gasteiger partial charge in [-0.05, 0) is 75.4 Å². The van der Waals surface area contributed by atoms with E-state index in [2.05, 4.69) is 6.92 Å². The van der Waals surface area contributed by atoms with Crippen molar-refractivity contribution in [2.24, 2.45) is 0 Å². The minimum absolute atomic E-state index is 0.0562. The molecule has 29 heavy (non-hydrogen) atoms. The Kier molecular flexibility index (Phi) is 9.65. The Balaban J connectivity index is 2.27. The van der Waals surface area contributed by atoms with Crippen LogP contribution in [0.15, 0.2) is 47.4 Å². The van der Waals surface area contributed by atoms with Crippen LogP contribution in [0.1, 0.15) is 50.0 Å². The number of benzene rings is 2. The average Bonchev–Trinajstić information content (AvgIpc) is 2.73. The first kappa shape index (κ1) is 22.9. The molecule has 4 nitrogen and oxygen atoms in total. The van der Waals surface area contributed by atoms with Crippen molar-refractivity contribution >= 4 is 23.6 Å². The molecule has 0 heterocycles. The van der Waals surface area contributed by atoms with Crippen molar-refractivity contribution < 1.29 is 19.0 Å². The fourth-order valence-electron chi connectivity index (χ4n) is 2.73. The van der Waals surface area contributed by atoms with Crippen LogP contribution in [0.5, 0.6) is 17.2 Å². The predicted molar refractivity (Wildman–Crippen MR) is 121 cm³/mol. The Labute approximate surface area is 178 Å². The fourth-order valence-corrected chi connectivity index (χ4v) is 3.50. The van der Waals surface area contributed by atoms with Gasteiger partial charge in [-0.25, -0.2) is 0 Å². The highest BCUT2D eigenvalue weighted by Gasteiger charge is 2.13. The smallest absolute Gasteiger partial charge is 0.185 e. The molecule has 0 saturated heterocycles. The summed E-state index contributed by atoms with van der Waals surface area (Å²) in [7, 11) is 0. The Morgan fingerprint density at radius 1 is 0.931 bits per heavy atom. The molecule has 0 aliphatic carbocycles. The normalized spacial score (nSPS) is 10.9. The molecular weight excluding hydrogens is 384 g/mol. The van der Waals surface area contributed by atoms with Crippen molar-refractivity contribution in [3.8, 4) is 17.2 Å². The van der Waals surface area contributed by atoms with Gasteiger partial charge in [0, 0.05) is 22.1 Å². The molecule has 0 aliphatic heterocycles. The summed E-state index contributed by atoms with van der Waals surface area (Å²) in [6.45, 7) is 9.49. The largest absolute Gasteiger partial charge is 0.494 e. The van der Waals surface area contributed by atoms with E-state index < -0.39 is 0 Å². The van der Waals surface area contributed by atoms with Gasteiger partial charge in [0.15, 0.2) is 17.3 Å². The molecule has 0 amide bonds. The predicted octanol–water partition coefficient (Wildman–Crippen LogP) is 6.28. The summed E-state index contributed by atoms with van der Waals surface area (Å²) in [5.41, 5.74) is 1.41. The minimum atomic E-state index is -0.0562. The lowest BCUT2D eigenvalue weighted by Gasteiger charge is -2.15. The van der Waals surface area contributed by atoms with E-state index in [9.17, 15) is 4.79 Å². The summed E-state index contributed by atoms with van der Waals surface area (Å²) in [5, 5.41) is 0. The van der Waals surface area contributed by atoms with Crippen molar-refractivity contribution in [1.29, 1.82) is 0 Å². The van der Waals surface area contributed by atoms with Crippen LogP contribution < -0.4 is 14.2 Å². The number of thioether (sulfide) groups is 1. The first-order valence-corrected chi connectivity index (χ1v) is 11.1. The second-order valence-corrected chi connectivity index (χ2v) is 7.38. The van der Waals surface area contributed by atoms with Crippen LogP contribution in [-0.2, 0) is 0 Å². The third-order valence-electron chi connectivity index (χ3n) is 3.98. The molecule has 0 N–H and O–H groups in total. The zero-order valence-electron chi connectivity index (χ0n) is 17.7. The zero-order chi connectivity index (χ0) is 21.1. The van der Waals surface area contributed by atoms with E-state index in [0.29, 0.717) is 42.6 Å². The summed E-state index contributed by atoms with van der Waals surface area (Å²) >= 11 is 1.80. The maximum atomic E-state index is 12.6. The van der Waals surface area contributed by atoms with Gasteiger partial charge in [0.1, 0.15) is 5.75 Å². The molecule has 0 aliphatic rings. The van der Waals surface area contributed by atoms with Crippen LogP contribution in [0.3, 0.4) is 0 Å². The van der Waals surface area contributed by atoms with Crippen LogP contribution in [-0.4, -0.2) is 31.4 Å². The molecule has 5 heteroatoms. The zero-order valence-corrected chi connectivity index (χ0v) is 18.5. The summed E-state index contributed by atoms with van der Waals surface area (Å²) in [6.07, 6.45) is 4.45. The maximum Gasteiger partial charge on any atom is 0.185 e. The topological polar surface area (TPSA) is 44.8 Å². The van der Waals surface area contributed by atoms with Gasteiger partial charge in [0.05, 0.1) is 19.8 Å². The van der Waals surface area contributed by atoms with Crippen LogP contribution >= 0.6 is 11.8 Å². The molecule has 2 rings (SSSR count). The van der Waals surface area contributed by atoms with E-state index in [1.54, 1.807) is 23.9 Å². The van der Waals surface area contributed by atoms with Crippen LogP contribution in [0.2, 0.25) is 0 Å². The number of ketones is 1. The molecule has 2 aromatic carbocycles. The first-order valence-electron chi connectivity index (χ1n) is 10.1. The Bertz CT molecular complexity index is 812. The molecule has 0 unspecified atom stereocenters. The second-order valence-electron chi connectivity index (χ2n) is 6.21. The van der Waals surface area contributed by atoms with Gasteiger partial charge in [0.25, 0.3) is 0 Å². The lowest BCUT2D eigenvalue weighted by Crippen LogP contribution is -2.02. The minimum Gasteiger partial charge on any atom is -0.494 e. The van der Waals surface area contributed by atoms with Crippen molar-refractivity contribution in [1.82, 2.24) is 0 Å². The molecule has 2 aromatic rings. The molecule has 0 atom stereocenters. The highest BCUT2D eigenvalue weighted by atomic mass is 32.2. The van der Waals surface area contributed by atoms with Gasteiger partial charge in [-0.15, -0.1) is 11.8 Å². The van der Waals surface area contributed by atoms with E-state index in [-0.39, 0.29) is 5.78 Å². The quantitative estimate of drug-likeness (QED) is 0.232. The van der Waals surface area contributed by atoms with Crippen LogP contribution in [0.4, 0.5) is 0 Å². The molecule has 0 aromatic heterocycles. The summed E-state index contributed by atoms with van der Waals surface area (Å²) in [5.74, 6) is 2.94. The highest BCUT2D eigenvalue weighted by molar-refractivity contribution is 7.99. The van der Waals surface area contributed by atoms with Gasteiger partial charge in [0.2, 0.25) is 0 Å². The first-order chi connectivity index (χ1) is 14.1. The van der Waals surface area contributed by atoms with Crippen molar-refractivity contribution in [3.63, 3.8) is 0 Å². The lowest BCUT2D eigenvalue weighted by molar-refractivity contribution is 0.104. The van der Waals surface area contributed by atoms with Gasteiger partial charge >= 0.3 is 0 Å². The van der Waals surface area contributed by atoms with E-state index in [1.165, 1.54) is 4.90 Å². The number of allylic oxidation sites excluding steroid dienone is 1. The molecule has 0 radical (unpaired) electrons. The van der Waals surface area contributed by atoms with Crippen LogP contribution in [0, 0.1) is 0 Å². The number of hydrogen-bond acceptors (Lipinski definition) is 5. The Morgan fingerprint density at radius 3 is 2.24 bits per heavy atom. The van der Waals surface area contributed by atoms with Crippen molar-refractivity contribution in [2.45, 2.75) is 39.0 Å². The van der Waals surface area contributed by atoms with Gasteiger partial charge in [-0.3, -0.25) is 4.79 Å². The van der Waals surface area contributed by atoms with E-state index >= 15 is 0 Å². The summed E-state index contributed by atoms with van der Waals surface area (Å²) in [6, 6.07) is 11.4. The fraction of sp³-hybridized carbons (Fsp3) is 0.375. The number of carbonyl (C=O) groups excluding carboxylic acids is 1. The molecule has 0 spiro atoms. The molecule has 0 fully saturated rings. The van der Waals surface area contributed by atoms with Crippen molar-refractivity contribution in [3.05, 3.63) is 53.6 Å². The highest BCUT2D eigenvalue weighted by Crippen LogP contribution is 2.37. The lowest BCUT2D eigenvalue weighted by atomic mass is 10.1. The maximum absolute atomic E-state index is 12.6. The molecular formula is C24H30O4S. The summed E-state index contributed by atoms with van der Waals surface area (Å²) in [4.78, 5) is 13.8. The van der Waals surface area contributed by atoms with E-state index in [4.69, 9.17) is 14.2 Å². The second kappa shape index (κ2) is 12.2. The van der Waals surface area contributed by atoms with Gasteiger partial charge in [-0.2, -0.15) is 0 Å². The molecule has 0 saturated carbocycles.